The van der Waals surface area contributed by atoms with Gasteiger partial charge in [-0.2, -0.15) is 5.10 Å². The zero-order valence-corrected chi connectivity index (χ0v) is 21.9. The van der Waals surface area contributed by atoms with Crippen molar-refractivity contribution in [3.63, 3.8) is 0 Å². The fourth-order valence-corrected chi connectivity index (χ4v) is 6.71. The van der Waals surface area contributed by atoms with Crippen molar-refractivity contribution in [1.82, 2.24) is 19.5 Å². The highest BCUT2D eigenvalue weighted by molar-refractivity contribution is 7.91. The maximum Gasteiger partial charge on any atom is 0.283 e. The molecule has 1 N–H and O–H groups in total. The highest BCUT2D eigenvalue weighted by atomic mass is 32.2. The van der Waals surface area contributed by atoms with Crippen LogP contribution >= 0.6 is 0 Å². The summed E-state index contributed by atoms with van der Waals surface area (Å²) in [6.45, 7) is 2.40. The van der Waals surface area contributed by atoms with Gasteiger partial charge < -0.3 is 9.64 Å². The Morgan fingerprint density at radius 3 is 2.43 bits per heavy atom. The van der Waals surface area contributed by atoms with Crippen LogP contribution in [0, 0.1) is 5.92 Å². The van der Waals surface area contributed by atoms with Crippen LogP contribution in [0.3, 0.4) is 0 Å². The second-order valence-electron chi connectivity index (χ2n) is 10.5. The fourth-order valence-electron chi connectivity index (χ4n) is 5.42. The Bertz CT molecular complexity index is 1410. The molecule has 1 aromatic carbocycles. The molecule has 0 unspecified atom stereocenters. The standard InChI is InChI=1S/C27H33N5O4S/c1-36-17-18-12-14-31(15-13-18)23-16-22(27(33)30-37(34,35)21-10-11-21)28-26-24(23)25(19-6-5-7-19)29-32(26)20-8-3-2-4-9-20/h2-4,8-9,16,18-19,21H,5-7,10-15,17H2,1H3,(H,30,33). The number of hydrogen-bond acceptors (Lipinski definition) is 7. The van der Waals surface area contributed by atoms with E-state index in [4.69, 9.17) is 14.8 Å². The van der Waals surface area contributed by atoms with Crippen molar-refractivity contribution in [2.45, 2.75) is 56.1 Å². The summed E-state index contributed by atoms with van der Waals surface area (Å²) in [5, 5.41) is 5.54. The number of nitrogens with zero attached hydrogens (tertiary/aromatic N) is 4. The number of sulfonamides is 1. The number of hydrogen-bond donors (Lipinski definition) is 1. The van der Waals surface area contributed by atoms with Gasteiger partial charge in [-0.05, 0) is 62.6 Å². The minimum Gasteiger partial charge on any atom is -0.384 e. The number of pyridine rings is 1. The highest BCUT2D eigenvalue weighted by Crippen LogP contribution is 2.43. The summed E-state index contributed by atoms with van der Waals surface area (Å²) in [5.41, 5.74) is 3.49. The molecule has 1 amide bonds. The van der Waals surface area contributed by atoms with E-state index in [0.717, 1.165) is 67.8 Å². The van der Waals surface area contributed by atoms with Crippen LogP contribution in [0.2, 0.25) is 0 Å². The van der Waals surface area contributed by atoms with E-state index in [-0.39, 0.29) is 5.69 Å². The first-order chi connectivity index (χ1) is 17.9. The Balaban J connectivity index is 1.48. The van der Waals surface area contributed by atoms with Gasteiger partial charge in [0.15, 0.2) is 5.65 Å². The van der Waals surface area contributed by atoms with E-state index in [1.807, 2.05) is 35.0 Å². The first-order valence-corrected chi connectivity index (χ1v) is 14.8. The first-order valence-electron chi connectivity index (χ1n) is 13.2. The lowest BCUT2D eigenvalue weighted by atomic mass is 9.82. The van der Waals surface area contributed by atoms with Crippen molar-refractivity contribution in [2.75, 3.05) is 31.7 Å². The van der Waals surface area contributed by atoms with Gasteiger partial charge in [-0.1, -0.05) is 24.6 Å². The number of methoxy groups -OCH3 is 1. The predicted octanol–water partition coefficient (Wildman–Crippen LogP) is 3.77. The fraction of sp³-hybridized carbons (Fsp3) is 0.519. The molecule has 3 aliphatic rings. The minimum atomic E-state index is -3.69. The monoisotopic (exact) mass is 523 g/mol. The zero-order valence-electron chi connectivity index (χ0n) is 21.1. The maximum absolute atomic E-state index is 13.2. The number of ether oxygens (including phenoxy) is 1. The van der Waals surface area contributed by atoms with Crippen molar-refractivity contribution in [3.8, 4) is 5.69 Å². The number of fused-ring (bicyclic) bond motifs is 1. The van der Waals surface area contributed by atoms with Crippen LogP contribution in [0.4, 0.5) is 5.69 Å². The van der Waals surface area contributed by atoms with Crippen LogP contribution in [0.5, 0.6) is 0 Å². The molecule has 2 aromatic heterocycles. The molecule has 0 radical (unpaired) electrons. The lowest BCUT2D eigenvalue weighted by Crippen LogP contribution is -2.36. The van der Waals surface area contributed by atoms with Gasteiger partial charge in [0, 0.05) is 32.7 Å². The zero-order chi connectivity index (χ0) is 25.6. The van der Waals surface area contributed by atoms with E-state index in [2.05, 4.69) is 9.62 Å². The molecule has 2 saturated carbocycles. The van der Waals surface area contributed by atoms with Crippen LogP contribution in [0.25, 0.3) is 16.7 Å². The van der Waals surface area contributed by atoms with Crippen LogP contribution in [-0.2, 0) is 14.8 Å². The molecular weight excluding hydrogens is 490 g/mol. The topological polar surface area (TPSA) is 106 Å². The van der Waals surface area contributed by atoms with Crippen molar-refractivity contribution in [1.29, 1.82) is 0 Å². The van der Waals surface area contributed by atoms with Gasteiger partial charge in [0.05, 0.1) is 27.7 Å². The number of aromatic nitrogens is 3. The molecule has 6 rings (SSSR count). The number of amides is 1. The van der Waals surface area contributed by atoms with Crippen molar-refractivity contribution in [3.05, 3.63) is 47.8 Å². The predicted molar refractivity (Wildman–Crippen MR) is 142 cm³/mol. The third-order valence-electron chi connectivity index (χ3n) is 7.93. The van der Waals surface area contributed by atoms with Gasteiger partial charge in [0.2, 0.25) is 10.0 Å². The number of carbonyl (C=O) groups excluding carboxylic acids is 1. The maximum atomic E-state index is 13.2. The molecule has 196 valence electrons. The van der Waals surface area contributed by atoms with E-state index in [1.165, 1.54) is 6.42 Å². The molecule has 1 saturated heterocycles. The second-order valence-corrected chi connectivity index (χ2v) is 12.5. The Morgan fingerprint density at radius 2 is 1.81 bits per heavy atom. The van der Waals surface area contributed by atoms with Crippen molar-refractivity contribution >= 4 is 32.7 Å². The number of nitrogens with one attached hydrogen (secondary N) is 1. The number of para-hydroxylation sites is 1. The number of rotatable bonds is 8. The second kappa shape index (κ2) is 9.72. The Labute approximate surface area is 217 Å². The van der Waals surface area contributed by atoms with Crippen LogP contribution < -0.4 is 9.62 Å². The molecule has 0 spiro atoms. The Hall–Kier alpha value is -2.98. The van der Waals surface area contributed by atoms with Gasteiger partial charge in [-0.25, -0.2) is 22.8 Å². The molecule has 10 heteroatoms. The number of carbonyl (C=O) groups is 1. The first kappa shape index (κ1) is 24.4. The number of anilines is 1. The summed E-state index contributed by atoms with van der Waals surface area (Å²) in [4.78, 5) is 20.3. The lowest BCUT2D eigenvalue weighted by molar-refractivity contribution is 0.0976. The minimum absolute atomic E-state index is 0.1000. The van der Waals surface area contributed by atoms with Crippen LogP contribution in [0.1, 0.15) is 67.0 Å². The summed E-state index contributed by atoms with van der Waals surface area (Å²) in [5.74, 6) is 0.174. The molecule has 2 aliphatic carbocycles. The van der Waals surface area contributed by atoms with Gasteiger partial charge in [0.1, 0.15) is 5.69 Å². The quantitative estimate of drug-likeness (QED) is 0.479. The molecule has 3 heterocycles. The average molecular weight is 524 g/mol. The Morgan fingerprint density at radius 1 is 1.08 bits per heavy atom. The van der Waals surface area contributed by atoms with E-state index in [1.54, 1.807) is 13.2 Å². The van der Waals surface area contributed by atoms with E-state index < -0.39 is 21.2 Å². The third kappa shape index (κ3) is 4.72. The van der Waals surface area contributed by atoms with Gasteiger partial charge in [-0.15, -0.1) is 0 Å². The average Bonchev–Trinajstić information content (AvgIpc) is 3.67. The summed E-state index contributed by atoms with van der Waals surface area (Å²) < 4.78 is 34.6. The molecule has 3 aromatic rings. The molecular formula is C27H33N5O4S. The van der Waals surface area contributed by atoms with E-state index in [0.29, 0.717) is 30.3 Å². The molecule has 1 aliphatic heterocycles. The van der Waals surface area contributed by atoms with Gasteiger partial charge in [-0.3, -0.25) is 4.79 Å². The van der Waals surface area contributed by atoms with E-state index in [9.17, 15) is 13.2 Å². The lowest BCUT2D eigenvalue weighted by Gasteiger charge is -2.34. The van der Waals surface area contributed by atoms with Crippen LogP contribution in [0.15, 0.2) is 36.4 Å². The molecule has 9 nitrogen and oxygen atoms in total. The smallest absolute Gasteiger partial charge is 0.283 e. The van der Waals surface area contributed by atoms with Crippen LogP contribution in [-0.4, -0.2) is 61.1 Å². The summed E-state index contributed by atoms with van der Waals surface area (Å²) >= 11 is 0. The highest BCUT2D eigenvalue weighted by Gasteiger charge is 2.38. The SMILES string of the molecule is COCC1CCN(c2cc(C(=O)NS(=O)(=O)C3CC3)nc3c2c(C2CCC2)nn3-c2ccccc2)CC1. The summed E-state index contributed by atoms with van der Waals surface area (Å²) in [6.07, 6.45) is 6.48. The van der Waals surface area contributed by atoms with E-state index >= 15 is 0 Å². The molecule has 3 fully saturated rings. The normalized spacial score (nSPS) is 19.2. The molecule has 0 bridgehead atoms. The summed E-state index contributed by atoms with van der Waals surface area (Å²) in [7, 11) is -1.96. The third-order valence-corrected chi connectivity index (χ3v) is 9.74. The number of piperidine rings is 1. The van der Waals surface area contributed by atoms with Gasteiger partial charge >= 0.3 is 0 Å². The largest absolute Gasteiger partial charge is 0.384 e. The summed E-state index contributed by atoms with van der Waals surface area (Å²) in [6, 6.07) is 11.6. The Kier molecular flexibility index (Phi) is 6.40. The van der Waals surface area contributed by atoms with Crippen molar-refractivity contribution in [2.24, 2.45) is 5.92 Å². The van der Waals surface area contributed by atoms with Gasteiger partial charge in [0.25, 0.3) is 5.91 Å². The number of benzene rings is 1. The molecule has 0 atom stereocenters. The van der Waals surface area contributed by atoms with Crippen molar-refractivity contribution < 1.29 is 17.9 Å². The molecule has 37 heavy (non-hydrogen) atoms.